The number of likely N-dealkylation sites (tertiary alicyclic amines) is 1. The Balaban J connectivity index is 1.61. The zero-order valence-electron chi connectivity index (χ0n) is 13.3. The Morgan fingerprint density at radius 1 is 1.05 bits per heavy atom. The Kier molecular flexibility index (Phi) is 3.30. The summed E-state index contributed by atoms with van der Waals surface area (Å²) >= 11 is 0. The number of benzene rings is 1. The standard InChI is InChI=1S/C19H26N2O/c20-18(8-9-18)14-15-6-2-3-7-16(15)19(10-11-19)17(22)21-12-4-1-5-13-21/h2-3,6-7H,1,4-5,8-14,20H2. The second kappa shape index (κ2) is 5.09. The molecule has 1 aromatic carbocycles. The van der Waals surface area contributed by atoms with Crippen LogP contribution in [0, 0.1) is 0 Å². The van der Waals surface area contributed by atoms with Crippen LogP contribution >= 0.6 is 0 Å². The average molecular weight is 298 g/mol. The van der Waals surface area contributed by atoms with E-state index < -0.39 is 0 Å². The van der Waals surface area contributed by atoms with Crippen molar-refractivity contribution in [2.75, 3.05) is 13.1 Å². The Morgan fingerprint density at radius 2 is 1.73 bits per heavy atom. The topological polar surface area (TPSA) is 46.3 Å². The summed E-state index contributed by atoms with van der Waals surface area (Å²) in [6.45, 7) is 1.90. The first-order chi connectivity index (χ1) is 10.6. The number of nitrogens with two attached hydrogens (primary N) is 1. The van der Waals surface area contributed by atoms with Crippen LogP contribution in [0.5, 0.6) is 0 Å². The monoisotopic (exact) mass is 298 g/mol. The van der Waals surface area contributed by atoms with E-state index in [0.717, 1.165) is 58.0 Å². The molecule has 0 bridgehead atoms. The van der Waals surface area contributed by atoms with Crippen molar-refractivity contribution in [3.63, 3.8) is 0 Å². The maximum atomic E-state index is 13.1. The number of nitrogens with zero attached hydrogens (tertiary/aromatic N) is 1. The van der Waals surface area contributed by atoms with E-state index >= 15 is 0 Å². The van der Waals surface area contributed by atoms with Gasteiger partial charge in [0.25, 0.3) is 0 Å². The molecule has 3 heteroatoms. The van der Waals surface area contributed by atoms with Gasteiger partial charge in [-0.2, -0.15) is 0 Å². The summed E-state index contributed by atoms with van der Waals surface area (Å²) < 4.78 is 0. The molecule has 0 unspecified atom stereocenters. The Bertz CT molecular complexity index is 581. The van der Waals surface area contributed by atoms with Crippen molar-refractivity contribution >= 4 is 5.91 Å². The molecule has 0 spiro atoms. The van der Waals surface area contributed by atoms with Gasteiger partial charge in [-0.05, 0) is 62.5 Å². The highest BCUT2D eigenvalue weighted by atomic mass is 16.2. The molecule has 118 valence electrons. The fourth-order valence-electron chi connectivity index (χ4n) is 3.98. The van der Waals surface area contributed by atoms with E-state index in [9.17, 15) is 4.79 Å². The molecule has 1 amide bonds. The molecule has 2 saturated carbocycles. The molecule has 1 aromatic rings. The number of carbonyl (C=O) groups is 1. The van der Waals surface area contributed by atoms with Crippen molar-refractivity contribution in [2.24, 2.45) is 5.73 Å². The van der Waals surface area contributed by atoms with Gasteiger partial charge in [0.2, 0.25) is 5.91 Å². The Morgan fingerprint density at radius 3 is 2.36 bits per heavy atom. The summed E-state index contributed by atoms with van der Waals surface area (Å²) in [5, 5.41) is 0. The summed E-state index contributed by atoms with van der Waals surface area (Å²) in [6.07, 6.45) is 8.78. The minimum Gasteiger partial charge on any atom is -0.342 e. The molecule has 22 heavy (non-hydrogen) atoms. The number of piperidine rings is 1. The summed E-state index contributed by atoms with van der Waals surface area (Å²) in [7, 11) is 0. The third-order valence-electron chi connectivity index (χ3n) is 5.77. The Labute approximate surface area is 132 Å². The van der Waals surface area contributed by atoms with Crippen LogP contribution in [0.1, 0.15) is 56.1 Å². The van der Waals surface area contributed by atoms with Gasteiger partial charge in [0.1, 0.15) is 0 Å². The molecule has 3 aliphatic rings. The van der Waals surface area contributed by atoms with Crippen molar-refractivity contribution in [3.8, 4) is 0 Å². The number of rotatable bonds is 4. The average Bonchev–Trinajstić information content (AvgIpc) is 3.46. The second-order valence-corrected chi connectivity index (χ2v) is 7.63. The van der Waals surface area contributed by atoms with Gasteiger partial charge >= 0.3 is 0 Å². The van der Waals surface area contributed by atoms with E-state index in [1.165, 1.54) is 17.5 Å². The molecule has 3 fully saturated rings. The quantitative estimate of drug-likeness (QED) is 0.929. The SMILES string of the molecule is NC1(Cc2ccccc2C2(C(=O)N3CCCCC3)CC2)CC1. The fourth-order valence-corrected chi connectivity index (χ4v) is 3.98. The molecule has 4 rings (SSSR count). The lowest BCUT2D eigenvalue weighted by molar-refractivity contribution is -0.134. The van der Waals surface area contributed by atoms with E-state index in [4.69, 9.17) is 5.73 Å². The zero-order chi connectivity index (χ0) is 15.2. The number of hydrogen-bond donors (Lipinski definition) is 1. The summed E-state index contributed by atoms with van der Waals surface area (Å²) in [5.41, 5.74) is 8.69. The predicted molar refractivity (Wildman–Crippen MR) is 87.6 cm³/mol. The summed E-state index contributed by atoms with van der Waals surface area (Å²) in [6, 6.07) is 8.53. The van der Waals surface area contributed by atoms with Crippen molar-refractivity contribution in [3.05, 3.63) is 35.4 Å². The van der Waals surface area contributed by atoms with Crippen LogP contribution in [0.2, 0.25) is 0 Å². The van der Waals surface area contributed by atoms with Gasteiger partial charge in [0.05, 0.1) is 5.41 Å². The van der Waals surface area contributed by atoms with E-state index in [1.54, 1.807) is 0 Å². The first-order valence-corrected chi connectivity index (χ1v) is 8.80. The van der Waals surface area contributed by atoms with Crippen LogP contribution in [0.4, 0.5) is 0 Å². The van der Waals surface area contributed by atoms with Gasteiger partial charge in [-0.25, -0.2) is 0 Å². The number of amides is 1. The maximum absolute atomic E-state index is 13.1. The van der Waals surface area contributed by atoms with Crippen LogP contribution in [0.15, 0.2) is 24.3 Å². The second-order valence-electron chi connectivity index (χ2n) is 7.63. The number of hydrogen-bond acceptors (Lipinski definition) is 2. The summed E-state index contributed by atoms with van der Waals surface area (Å²) in [5.74, 6) is 0.376. The molecule has 3 nitrogen and oxygen atoms in total. The highest BCUT2D eigenvalue weighted by Crippen LogP contribution is 2.52. The maximum Gasteiger partial charge on any atom is 0.233 e. The predicted octanol–water partition coefficient (Wildman–Crippen LogP) is 2.76. The van der Waals surface area contributed by atoms with Crippen LogP contribution < -0.4 is 5.73 Å². The molecular formula is C19H26N2O. The highest BCUT2D eigenvalue weighted by Gasteiger charge is 2.54. The molecule has 1 aliphatic heterocycles. The van der Waals surface area contributed by atoms with Gasteiger partial charge in [0.15, 0.2) is 0 Å². The molecule has 2 aliphatic carbocycles. The third kappa shape index (κ3) is 2.45. The number of carbonyl (C=O) groups excluding carboxylic acids is 1. The summed E-state index contributed by atoms with van der Waals surface area (Å²) in [4.78, 5) is 15.2. The third-order valence-corrected chi connectivity index (χ3v) is 5.77. The van der Waals surface area contributed by atoms with Gasteiger partial charge in [-0.3, -0.25) is 4.79 Å². The van der Waals surface area contributed by atoms with Crippen molar-refractivity contribution in [1.82, 2.24) is 4.90 Å². The van der Waals surface area contributed by atoms with Crippen molar-refractivity contribution in [1.29, 1.82) is 0 Å². The van der Waals surface area contributed by atoms with E-state index in [-0.39, 0.29) is 11.0 Å². The van der Waals surface area contributed by atoms with E-state index in [0.29, 0.717) is 5.91 Å². The van der Waals surface area contributed by atoms with Gasteiger partial charge in [-0.15, -0.1) is 0 Å². The molecule has 1 heterocycles. The molecule has 0 aromatic heterocycles. The molecule has 0 atom stereocenters. The lowest BCUT2D eigenvalue weighted by atomic mass is 9.86. The lowest BCUT2D eigenvalue weighted by Gasteiger charge is -2.31. The normalized spacial score (nSPS) is 24.9. The van der Waals surface area contributed by atoms with E-state index in [1.807, 2.05) is 0 Å². The zero-order valence-corrected chi connectivity index (χ0v) is 13.3. The minimum atomic E-state index is -0.223. The van der Waals surface area contributed by atoms with Crippen LogP contribution in [0.3, 0.4) is 0 Å². The smallest absolute Gasteiger partial charge is 0.233 e. The largest absolute Gasteiger partial charge is 0.342 e. The van der Waals surface area contributed by atoms with Crippen LogP contribution in [0.25, 0.3) is 0 Å². The van der Waals surface area contributed by atoms with Crippen LogP contribution in [-0.2, 0) is 16.6 Å². The van der Waals surface area contributed by atoms with Crippen molar-refractivity contribution < 1.29 is 4.79 Å². The van der Waals surface area contributed by atoms with Crippen LogP contribution in [-0.4, -0.2) is 29.4 Å². The van der Waals surface area contributed by atoms with Gasteiger partial charge < -0.3 is 10.6 Å². The van der Waals surface area contributed by atoms with Gasteiger partial charge in [-0.1, -0.05) is 24.3 Å². The molecule has 2 N–H and O–H groups in total. The highest BCUT2D eigenvalue weighted by molar-refractivity contribution is 5.91. The molecular weight excluding hydrogens is 272 g/mol. The first kappa shape index (κ1) is 14.3. The minimum absolute atomic E-state index is 0.000352. The lowest BCUT2D eigenvalue weighted by Crippen LogP contribution is -2.42. The molecule has 1 saturated heterocycles. The Hall–Kier alpha value is -1.35. The molecule has 0 radical (unpaired) electrons. The van der Waals surface area contributed by atoms with Crippen molar-refractivity contribution in [2.45, 2.75) is 62.3 Å². The van der Waals surface area contributed by atoms with E-state index in [2.05, 4.69) is 29.2 Å². The first-order valence-electron chi connectivity index (χ1n) is 8.80. The fraction of sp³-hybridized carbons (Fsp3) is 0.632. The van der Waals surface area contributed by atoms with Gasteiger partial charge in [0, 0.05) is 18.6 Å².